The molecule has 1 amide bonds. The van der Waals surface area contributed by atoms with Crippen molar-refractivity contribution < 1.29 is 19.0 Å². The number of nitrogens with one attached hydrogen (secondary N) is 1. The van der Waals surface area contributed by atoms with E-state index >= 15 is 0 Å². The number of piperidine rings is 1. The van der Waals surface area contributed by atoms with Crippen molar-refractivity contribution in [3.8, 4) is 11.5 Å². The Morgan fingerprint density at radius 2 is 2.03 bits per heavy atom. The lowest BCUT2D eigenvalue weighted by Gasteiger charge is -2.31. The number of amides is 1. The summed E-state index contributed by atoms with van der Waals surface area (Å²) in [6.45, 7) is 1.04. The van der Waals surface area contributed by atoms with Crippen LogP contribution in [0.15, 0.2) is 35.9 Å². The van der Waals surface area contributed by atoms with Gasteiger partial charge >= 0.3 is 0 Å². The molecular weight excluding hydrogens is 494 g/mol. The Labute approximate surface area is 204 Å². The van der Waals surface area contributed by atoms with Gasteiger partial charge in [-0.2, -0.15) is 5.10 Å². The molecule has 1 aromatic heterocycles. The molecule has 0 bridgehead atoms. The minimum absolute atomic E-state index is 0.0404. The Morgan fingerprint density at radius 3 is 2.73 bits per heavy atom. The van der Waals surface area contributed by atoms with Crippen molar-refractivity contribution in [2.45, 2.75) is 18.9 Å². The van der Waals surface area contributed by atoms with Gasteiger partial charge in [0.15, 0.2) is 23.1 Å². The quantitative estimate of drug-likeness (QED) is 0.343. The third kappa shape index (κ3) is 4.83. The summed E-state index contributed by atoms with van der Waals surface area (Å²) in [7, 11) is 1.71. The summed E-state index contributed by atoms with van der Waals surface area (Å²) >= 11 is 17.3. The number of likely N-dealkylation sites (tertiary alicyclic amines) is 1. The van der Waals surface area contributed by atoms with Gasteiger partial charge in [-0.15, -0.1) is 0 Å². The molecule has 1 fully saturated rings. The number of benzene rings is 2. The predicted octanol–water partition coefficient (Wildman–Crippen LogP) is 5.59. The fourth-order valence-electron chi connectivity index (χ4n) is 3.74. The number of aromatic nitrogens is 2. The van der Waals surface area contributed by atoms with Crippen LogP contribution in [0.4, 0.5) is 15.9 Å². The SMILES string of the molecule is Cn1nc(Nc2ccc(Cl)c(Cl)c2F)c2cc(OC3CCN(C(=O)/C=C\Cl)CC3)c(O)cc21. The topological polar surface area (TPSA) is 79.6 Å². The number of hydrogen-bond donors (Lipinski definition) is 2. The first-order valence-corrected chi connectivity index (χ1v) is 11.3. The molecule has 33 heavy (non-hydrogen) atoms. The first kappa shape index (κ1) is 23.5. The lowest BCUT2D eigenvalue weighted by molar-refractivity contribution is -0.127. The molecule has 0 unspecified atom stereocenters. The van der Waals surface area contributed by atoms with Crippen molar-refractivity contribution in [2.24, 2.45) is 7.05 Å². The molecule has 3 aromatic rings. The average Bonchev–Trinajstić information content (AvgIpc) is 3.09. The van der Waals surface area contributed by atoms with Crippen molar-refractivity contribution in [2.75, 3.05) is 18.4 Å². The zero-order chi connectivity index (χ0) is 23.7. The lowest BCUT2D eigenvalue weighted by Crippen LogP contribution is -2.41. The van der Waals surface area contributed by atoms with Crippen molar-refractivity contribution in [3.63, 3.8) is 0 Å². The molecule has 0 atom stereocenters. The number of nitrogens with zero attached hydrogens (tertiary/aromatic N) is 3. The van der Waals surface area contributed by atoms with Crippen molar-refractivity contribution in [3.05, 3.63) is 51.7 Å². The van der Waals surface area contributed by atoms with E-state index < -0.39 is 5.82 Å². The zero-order valence-corrected chi connectivity index (χ0v) is 19.8. The average molecular weight is 514 g/mol. The molecule has 0 radical (unpaired) electrons. The van der Waals surface area contributed by atoms with Gasteiger partial charge in [-0.25, -0.2) is 4.39 Å². The fraction of sp³-hybridized carbons (Fsp3) is 0.273. The maximum atomic E-state index is 14.5. The highest BCUT2D eigenvalue weighted by atomic mass is 35.5. The Hall–Kier alpha value is -2.68. The minimum atomic E-state index is -0.691. The number of hydrogen-bond acceptors (Lipinski definition) is 5. The summed E-state index contributed by atoms with van der Waals surface area (Å²) in [5, 5.41) is 18.4. The summed E-state index contributed by atoms with van der Waals surface area (Å²) < 4.78 is 22.1. The van der Waals surface area contributed by atoms with Crippen LogP contribution in [0.5, 0.6) is 11.5 Å². The number of phenols is 1. The van der Waals surface area contributed by atoms with E-state index in [-0.39, 0.29) is 39.2 Å². The van der Waals surface area contributed by atoms with E-state index in [2.05, 4.69) is 10.4 Å². The first-order chi connectivity index (χ1) is 15.8. The van der Waals surface area contributed by atoms with Crippen LogP contribution < -0.4 is 10.1 Å². The van der Waals surface area contributed by atoms with E-state index in [0.29, 0.717) is 42.7 Å². The van der Waals surface area contributed by atoms with Gasteiger partial charge in [0.1, 0.15) is 6.10 Å². The molecule has 1 aliphatic heterocycles. The molecule has 174 valence electrons. The van der Waals surface area contributed by atoms with E-state index in [9.17, 15) is 14.3 Å². The van der Waals surface area contributed by atoms with Gasteiger partial charge in [0.2, 0.25) is 5.91 Å². The molecule has 2 N–H and O–H groups in total. The van der Waals surface area contributed by atoms with Crippen LogP contribution >= 0.6 is 34.8 Å². The van der Waals surface area contributed by atoms with Gasteiger partial charge in [0.05, 0.1) is 21.2 Å². The molecule has 2 aromatic carbocycles. The Morgan fingerprint density at radius 1 is 1.30 bits per heavy atom. The van der Waals surface area contributed by atoms with Crippen LogP contribution in [0.1, 0.15) is 12.8 Å². The molecule has 0 spiro atoms. The Bertz CT molecular complexity index is 1240. The van der Waals surface area contributed by atoms with E-state index in [1.165, 1.54) is 29.8 Å². The van der Waals surface area contributed by atoms with Gasteiger partial charge in [-0.1, -0.05) is 34.8 Å². The van der Waals surface area contributed by atoms with Crippen LogP contribution in [0.25, 0.3) is 10.9 Å². The number of ether oxygens (including phenoxy) is 1. The number of phenolic OH excluding ortho intramolecular Hbond substituents is 1. The fourth-order valence-corrected chi connectivity index (χ4v) is 4.16. The number of carbonyl (C=O) groups excluding carboxylic acids is 1. The van der Waals surface area contributed by atoms with Crippen LogP contribution in [-0.2, 0) is 11.8 Å². The van der Waals surface area contributed by atoms with Crippen LogP contribution in [0, 0.1) is 5.82 Å². The normalized spacial score (nSPS) is 14.9. The van der Waals surface area contributed by atoms with E-state index in [4.69, 9.17) is 39.5 Å². The lowest BCUT2D eigenvalue weighted by atomic mass is 10.1. The first-order valence-electron chi connectivity index (χ1n) is 10.1. The number of carbonyl (C=O) groups is 1. The van der Waals surface area contributed by atoms with Crippen LogP contribution in [0.2, 0.25) is 10.0 Å². The zero-order valence-electron chi connectivity index (χ0n) is 17.5. The maximum Gasteiger partial charge on any atom is 0.247 e. The molecule has 7 nitrogen and oxygen atoms in total. The van der Waals surface area contributed by atoms with E-state index in [0.717, 1.165) is 0 Å². The highest BCUT2D eigenvalue weighted by Crippen LogP contribution is 2.38. The Balaban J connectivity index is 1.57. The molecule has 4 rings (SSSR count). The summed E-state index contributed by atoms with van der Waals surface area (Å²) in [6, 6.07) is 6.15. The maximum absolute atomic E-state index is 14.5. The summed E-state index contributed by atoms with van der Waals surface area (Å²) in [5.74, 6) is -0.236. The second-order valence-corrected chi connectivity index (χ2v) is 8.63. The van der Waals surface area contributed by atoms with Crippen LogP contribution in [-0.4, -0.2) is 44.9 Å². The van der Waals surface area contributed by atoms with Gasteiger partial charge in [0, 0.05) is 56.0 Å². The second kappa shape index (κ2) is 9.67. The van der Waals surface area contributed by atoms with Crippen molar-refractivity contribution in [1.82, 2.24) is 14.7 Å². The van der Waals surface area contributed by atoms with Gasteiger partial charge < -0.3 is 20.1 Å². The van der Waals surface area contributed by atoms with Gasteiger partial charge in [-0.3, -0.25) is 9.48 Å². The monoisotopic (exact) mass is 512 g/mol. The summed E-state index contributed by atoms with van der Waals surface area (Å²) in [4.78, 5) is 13.6. The number of halogens is 4. The number of aryl methyl sites for hydroxylation is 1. The smallest absolute Gasteiger partial charge is 0.247 e. The number of aromatic hydroxyl groups is 1. The minimum Gasteiger partial charge on any atom is -0.504 e. The van der Waals surface area contributed by atoms with Gasteiger partial charge in [-0.05, 0) is 18.2 Å². The van der Waals surface area contributed by atoms with E-state index in [1.54, 1.807) is 22.7 Å². The molecule has 0 aliphatic carbocycles. The molecule has 11 heteroatoms. The molecule has 2 heterocycles. The molecule has 1 aliphatic rings. The second-order valence-electron chi connectivity index (χ2n) is 7.59. The van der Waals surface area contributed by atoms with Crippen molar-refractivity contribution in [1.29, 1.82) is 0 Å². The third-order valence-corrected chi connectivity index (χ3v) is 6.38. The third-order valence-electron chi connectivity index (χ3n) is 5.47. The summed E-state index contributed by atoms with van der Waals surface area (Å²) in [5.41, 5.74) is 1.93. The van der Waals surface area contributed by atoms with E-state index in [1.807, 2.05) is 0 Å². The Kier molecular flexibility index (Phi) is 6.88. The van der Waals surface area contributed by atoms with Crippen molar-refractivity contribution >= 4 is 63.1 Å². The number of anilines is 2. The molecule has 0 saturated carbocycles. The largest absolute Gasteiger partial charge is 0.504 e. The highest BCUT2D eigenvalue weighted by molar-refractivity contribution is 6.42. The van der Waals surface area contributed by atoms with Crippen LogP contribution in [0.3, 0.4) is 0 Å². The summed E-state index contributed by atoms with van der Waals surface area (Å²) in [6.07, 6.45) is 2.34. The predicted molar refractivity (Wildman–Crippen MR) is 127 cm³/mol. The molecule has 1 saturated heterocycles. The van der Waals surface area contributed by atoms with Gasteiger partial charge in [0.25, 0.3) is 0 Å². The number of fused-ring (bicyclic) bond motifs is 1. The molecular formula is C22H20Cl3FN4O3. The standard InChI is InChI=1S/C22H20Cl3FN4O3/c1-29-16-11-17(31)18(33-12-5-8-30(9-6-12)19(32)4-7-23)10-13(16)22(28-29)27-15-3-2-14(24)20(25)21(15)26/h2-4,7,10-12,31H,5-6,8-9H2,1H3,(H,27,28)/b7-4-. The highest BCUT2D eigenvalue weighted by Gasteiger charge is 2.24. The number of rotatable bonds is 5.